The summed E-state index contributed by atoms with van der Waals surface area (Å²) in [4.78, 5) is 18.1. The Hall–Kier alpha value is -2.05. The Balaban J connectivity index is 1.68. The fraction of sp³-hybridized carbons (Fsp3) is 0.526. The maximum absolute atomic E-state index is 6.19. The van der Waals surface area contributed by atoms with E-state index in [2.05, 4.69) is 31.2 Å². The van der Waals surface area contributed by atoms with E-state index in [1.807, 2.05) is 34.1 Å². The molecule has 9 N–H and O–H groups in total. The summed E-state index contributed by atoms with van der Waals surface area (Å²) >= 11 is 3.49. The number of benzene rings is 1. The first kappa shape index (κ1) is 21.2. The largest absolute Gasteiger partial charge is 0.338 e. The second kappa shape index (κ2) is 8.98. The van der Waals surface area contributed by atoms with Gasteiger partial charge in [-0.3, -0.25) is 0 Å². The second-order valence-corrected chi connectivity index (χ2v) is 9.13. The van der Waals surface area contributed by atoms with Gasteiger partial charge in [-0.05, 0) is 31.0 Å². The van der Waals surface area contributed by atoms with Crippen LogP contribution in [0, 0.1) is 0 Å². The van der Waals surface area contributed by atoms with Gasteiger partial charge in [-0.2, -0.15) is 15.0 Å². The summed E-state index contributed by atoms with van der Waals surface area (Å²) in [6.07, 6.45) is 1.57. The van der Waals surface area contributed by atoms with Crippen LogP contribution < -0.4 is 38.1 Å². The highest BCUT2D eigenvalue weighted by Gasteiger charge is 2.28. The lowest BCUT2D eigenvalue weighted by atomic mass is 10.0. The van der Waals surface area contributed by atoms with Crippen molar-refractivity contribution in [2.24, 2.45) is 22.9 Å². The van der Waals surface area contributed by atoms with Gasteiger partial charge in [0.15, 0.2) is 0 Å². The third-order valence-corrected chi connectivity index (χ3v) is 5.78. The molecule has 2 fully saturated rings. The number of hydrogen-bond acceptors (Lipinski definition) is 10. The van der Waals surface area contributed by atoms with E-state index in [4.69, 9.17) is 27.9 Å². The van der Waals surface area contributed by atoms with Crippen LogP contribution in [0.15, 0.2) is 28.7 Å². The van der Waals surface area contributed by atoms with Gasteiger partial charge in [0.1, 0.15) is 0 Å². The van der Waals surface area contributed by atoms with Crippen molar-refractivity contribution >= 4 is 39.5 Å². The molecule has 0 amide bonds. The molecule has 0 saturated carbocycles. The molecule has 2 aliphatic rings. The van der Waals surface area contributed by atoms with E-state index < -0.39 is 0 Å². The molecule has 3 heterocycles. The molecule has 4 atom stereocenters. The van der Waals surface area contributed by atoms with Crippen molar-refractivity contribution < 1.29 is 0 Å². The van der Waals surface area contributed by atoms with Crippen LogP contribution in [0.2, 0.25) is 0 Å². The van der Waals surface area contributed by atoms with Crippen LogP contribution in [0.4, 0.5) is 23.5 Å². The zero-order valence-corrected chi connectivity index (χ0v) is 18.4. The molecule has 1 aromatic heterocycles. The Morgan fingerprint density at radius 1 is 0.800 bits per heavy atom. The maximum atomic E-state index is 6.19. The first-order valence-corrected chi connectivity index (χ1v) is 11.0. The van der Waals surface area contributed by atoms with Crippen LogP contribution in [0.5, 0.6) is 0 Å². The number of halogens is 1. The van der Waals surface area contributed by atoms with Crippen molar-refractivity contribution in [2.45, 2.75) is 37.0 Å². The van der Waals surface area contributed by atoms with E-state index >= 15 is 0 Å². The number of nitrogens with zero attached hydrogens (tertiary/aromatic N) is 5. The van der Waals surface area contributed by atoms with Gasteiger partial charge < -0.3 is 38.1 Å². The monoisotopic (exact) mass is 476 g/mol. The van der Waals surface area contributed by atoms with Crippen molar-refractivity contribution in [3.8, 4) is 0 Å². The second-order valence-electron chi connectivity index (χ2n) is 8.22. The van der Waals surface area contributed by atoms with E-state index in [9.17, 15) is 0 Å². The Morgan fingerprint density at radius 3 is 1.77 bits per heavy atom. The molecule has 10 nitrogen and oxygen atoms in total. The fourth-order valence-corrected chi connectivity index (χ4v) is 4.47. The van der Waals surface area contributed by atoms with Gasteiger partial charge in [0.05, 0.1) is 0 Å². The summed E-state index contributed by atoms with van der Waals surface area (Å²) in [5.41, 5.74) is 25.6. The highest BCUT2D eigenvalue weighted by molar-refractivity contribution is 9.10. The highest BCUT2D eigenvalue weighted by Crippen LogP contribution is 2.24. The number of rotatable bonds is 4. The minimum absolute atomic E-state index is 0.0210. The Kier molecular flexibility index (Phi) is 6.34. The molecule has 2 aromatic rings. The van der Waals surface area contributed by atoms with Gasteiger partial charge in [0.2, 0.25) is 17.8 Å². The molecule has 0 spiro atoms. The Morgan fingerprint density at radius 2 is 1.30 bits per heavy atom. The lowest BCUT2D eigenvalue weighted by Gasteiger charge is -2.37. The summed E-state index contributed by atoms with van der Waals surface area (Å²) in [7, 11) is 0. The quantitative estimate of drug-likeness (QED) is 0.409. The Bertz CT molecular complexity index is 816. The average molecular weight is 477 g/mol. The standard InChI is InChI=1S/C19H29BrN10/c20-11-2-1-3-16(4-11)25-17-26-18(29-7-12(21)5-13(22)8-29)28-19(27-17)30-9-14(23)6-15(24)10-30/h1-4,12-15H,5-10,21-24H2,(H,25,26,27,28)/t12-,13+,14-,15+. The third kappa shape index (κ3) is 5.16. The number of nitrogens with two attached hydrogens (primary N) is 4. The van der Waals surface area contributed by atoms with E-state index in [0.717, 1.165) is 23.0 Å². The smallest absolute Gasteiger partial charge is 0.233 e. The van der Waals surface area contributed by atoms with E-state index in [-0.39, 0.29) is 24.2 Å². The van der Waals surface area contributed by atoms with Crippen molar-refractivity contribution in [3.05, 3.63) is 28.7 Å². The molecule has 4 rings (SSSR count). The minimum Gasteiger partial charge on any atom is -0.338 e. The van der Waals surface area contributed by atoms with Gasteiger partial charge >= 0.3 is 0 Å². The number of hydrogen-bond donors (Lipinski definition) is 5. The van der Waals surface area contributed by atoms with Crippen molar-refractivity contribution in [1.29, 1.82) is 0 Å². The van der Waals surface area contributed by atoms with Gasteiger partial charge in [-0.25, -0.2) is 0 Å². The first-order chi connectivity index (χ1) is 14.4. The number of anilines is 4. The number of nitrogens with one attached hydrogen (secondary N) is 1. The predicted molar refractivity (Wildman–Crippen MR) is 123 cm³/mol. The highest BCUT2D eigenvalue weighted by atomic mass is 79.9. The van der Waals surface area contributed by atoms with Crippen molar-refractivity contribution in [1.82, 2.24) is 15.0 Å². The van der Waals surface area contributed by atoms with Crippen LogP contribution in [0.3, 0.4) is 0 Å². The predicted octanol–water partition coefficient (Wildman–Crippen LogP) is 0.107. The normalized spacial score (nSPS) is 27.2. The van der Waals surface area contributed by atoms with E-state index in [0.29, 0.717) is 44.0 Å². The van der Waals surface area contributed by atoms with Crippen molar-refractivity contribution in [3.63, 3.8) is 0 Å². The summed E-state index contributed by atoms with van der Waals surface area (Å²) in [6.45, 7) is 2.58. The summed E-state index contributed by atoms with van der Waals surface area (Å²) < 4.78 is 0.961. The molecule has 1 aromatic carbocycles. The molecule has 162 valence electrons. The molecular weight excluding hydrogens is 448 g/mol. The molecule has 30 heavy (non-hydrogen) atoms. The van der Waals surface area contributed by atoms with Crippen LogP contribution in [0.1, 0.15) is 12.8 Å². The van der Waals surface area contributed by atoms with E-state index in [1.54, 1.807) is 0 Å². The number of piperidine rings is 2. The zero-order valence-electron chi connectivity index (χ0n) is 16.8. The topological polar surface area (TPSA) is 161 Å². The maximum Gasteiger partial charge on any atom is 0.233 e. The van der Waals surface area contributed by atoms with Gasteiger partial charge in [0, 0.05) is 60.5 Å². The molecular formula is C19H29BrN10. The molecule has 0 bridgehead atoms. The molecule has 2 saturated heterocycles. The SMILES string of the molecule is N[C@@H]1C[C@H](N)CN(c2nc(Nc3cccc(Br)c3)nc(N3C[C@H](N)C[C@H](N)C3)n2)C1. The zero-order chi connectivity index (χ0) is 21.3. The lowest BCUT2D eigenvalue weighted by molar-refractivity contribution is 0.441. The van der Waals surface area contributed by atoms with Crippen LogP contribution in [-0.4, -0.2) is 65.3 Å². The lowest BCUT2D eigenvalue weighted by Crippen LogP contribution is -2.54. The molecule has 2 aliphatic heterocycles. The summed E-state index contributed by atoms with van der Waals surface area (Å²) in [5, 5.41) is 3.28. The molecule has 0 radical (unpaired) electrons. The minimum atomic E-state index is -0.0210. The van der Waals surface area contributed by atoms with Crippen LogP contribution in [0.25, 0.3) is 0 Å². The molecule has 11 heteroatoms. The van der Waals surface area contributed by atoms with Gasteiger partial charge in [-0.15, -0.1) is 0 Å². The van der Waals surface area contributed by atoms with Gasteiger partial charge in [0.25, 0.3) is 0 Å². The average Bonchev–Trinajstić information content (AvgIpc) is 2.66. The summed E-state index contributed by atoms with van der Waals surface area (Å²) in [5.74, 6) is 1.56. The molecule has 0 aliphatic carbocycles. The van der Waals surface area contributed by atoms with Crippen molar-refractivity contribution in [2.75, 3.05) is 41.3 Å². The van der Waals surface area contributed by atoms with E-state index in [1.165, 1.54) is 0 Å². The van der Waals surface area contributed by atoms with Crippen LogP contribution in [-0.2, 0) is 0 Å². The Labute approximate surface area is 184 Å². The number of aromatic nitrogens is 3. The summed E-state index contributed by atoms with van der Waals surface area (Å²) in [6, 6.07) is 7.73. The van der Waals surface area contributed by atoms with Gasteiger partial charge in [-0.1, -0.05) is 22.0 Å². The molecule has 0 unspecified atom stereocenters. The van der Waals surface area contributed by atoms with Crippen LogP contribution >= 0.6 is 15.9 Å². The fourth-order valence-electron chi connectivity index (χ4n) is 4.07. The third-order valence-electron chi connectivity index (χ3n) is 5.29. The first-order valence-electron chi connectivity index (χ1n) is 10.2.